The Balaban J connectivity index is 1.28. The summed E-state index contributed by atoms with van der Waals surface area (Å²) in [6.07, 6.45) is 6.63. The molecule has 0 bridgehead atoms. The molecule has 3 aliphatic rings. The normalized spacial score (nSPS) is 26.2. The van der Waals surface area contributed by atoms with E-state index in [1.807, 2.05) is 0 Å². The number of nitrogens with zero attached hydrogens (tertiary/aromatic N) is 3. The lowest BCUT2D eigenvalue weighted by atomic mass is 9.71. The molecule has 0 aromatic heterocycles. The quantitative estimate of drug-likeness (QED) is 0.706. The highest BCUT2D eigenvalue weighted by atomic mass is 19.1. The Morgan fingerprint density at radius 2 is 1.90 bits per heavy atom. The van der Waals surface area contributed by atoms with E-state index >= 15 is 0 Å². The zero-order chi connectivity index (χ0) is 20.4. The summed E-state index contributed by atoms with van der Waals surface area (Å²) in [7, 11) is 0. The number of likely N-dealkylation sites (tertiary alicyclic amines) is 1. The van der Waals surface area contributed by atoms with Crippen LogP contribution in [0.3, 0.4) is 0 Å². The molecular formula is C23H30FN3O2. The number of hydrazone groups is 1. The summed E-state index contributed by atoms with van der Waals surface area (Å²) in [6.45, 7) is 5.27. The number of hydrogen-bond donors (Lipinski definition) is 0. The van der Waals surface area contributed by atoms with Crippen LogP contribution in [0.5, 0.6) is 0 Å². The van der Waals surface area contributed by atoms with E-state index in [1.54, 1.807) is 17.1 Å². The van der Waals surface area contributed by atoms with Crippen LogP contribution in [0, 0.1) is 17.2 Å². The maximum absolute atomic E-state index is 13.1. The van der Waals surface area contributed by atoms with Crippen LogP contribution in [0.15, 0.2) is 29.4 Å². The average Bonchev–Trinajstić information content (AvgIpc) is 2.72. The Labute approximate surface area is 171 Å². The van der Waals surface area contributed by atoms with Gasteiger partial charge in [-0.15, -0.1) is 0 Å². The van der Waals surface area contributed by atoms with E-state index in [1.165, 1.54) is 30.7 Å². The van der Waals surface area contributed by atoms with Gasteiger partial charge in [-0.1, -0.05) is 13.3 Å². The molecule has 0 N–H and O–H groups in total. The van der Waals surface area contributed by atoms with E-state index in [-0.39, 0.29) is 28.8 Å². The summed E-state index contributed by atoms with van der Waals surface area (Å²) >= 11 is 0. The Bertz CT molecular complexity index is 799. The van der Waals surface area contributed by atoms with Gasteiger partial charge in [-0.3, -0.25) is 9.59 Å². The Morgan fingerprint density at radius 1 is 1.17 bits per heavy atom. The number of piperidine rings is 1. The third kappa shape index (κ3) is 4.42. The molecule has 156 valence electrons. The first-order chi connectivity index (χ1) is 13.9. The van der Waals surface area contributed by atoms with Crippen molar-refractivity contribution < 1.29 is 14.0 Å². The van der Waals surface area contributed by atoms with Gasteiger partial charge in [-0.05, 0) is 69.5 Å². The van der Waals surface area contributed by atoms with Gasteiger partial charge in [0.2, 0.25) is 5.91 Å². The molecule has 2 heterocycles. The molecule has 1 saturated heterocycles. The molecule has 1 atom stereocenters. The minimum absolute atomic E-state index is 0.00322. The first-order valence-electron chi connectivity index (χ1n) is 10.9. The fourth-order valence-electron chi connectivity index (χ4n) is 4.92. The number of benzene rings is 1. The van der Waals surface area contributed by atoms with Crippen molar-refractivity contribution in [3.8, 4) is 0 Å². The molecule has 2 aliphatic heterocycles. The minimum atomic E-state index is -0.319. The second kappa shape index (κ2) is 8.34. The fraction of sp³-hybridized carbons (Fsp3) is 0.609. The predicted molar refractivity (Wildman–Crippen MR) is 110 cm³/mol. The molecule has 29 heavy (non-hydrogen) atoms. The van der Waals surface area contributed by atoms with Gasteiger partial charge in [-0.2, -0.15) is 5.10 Å². The van der Waals surface area contributed by atoms with Gasteiger partial charge in [0.05, 0.1) is 6.54 Å². The molecule has 2 fully saturated rings. The lowest BCUT2D eigenvalue weighted by molar-refractivity contribution is -0.134. The van der Waals surface area contributed by atoms with Gasteiger partial charge in [0.25, 0.3) is 0 Å². The van der Waals surface area contributed by atoms with Crippen LogP contribution in [-0.2, 0) is 4.79 Å². The van der Waals surface area contributed by atoms with Crippen molar-refractivity contribution in [2.75, 3.05) is 26.2 Å². The average molecular weight is 400 g/mol. The van der Waals surface area contributed by atoms with E-state index in [9.17, 15) is 14.0 Å². The van der Waals surface area contributed by atoms with E-state index in [0.29, 0.717) is 18.5 Å². The summed E-state index contributed by atoms with van der Waals surface area (Å²) in [5.74, 6) is -0.0735. The van der Waals surface area contributed by atoms with Crippen molar-refractivity contribution in [3.63, 3.8) is 0 Å². The third-order valence-electron chi connectivity index (χ3n) is 6.87. The first kappa shape index (κ1) is 20.2. The van der Waals surface area contributed by atoms with Crippen LogP contribution < -0.4 is 0 Å². The van der Waals surface area contributed by atoms with E-state index in [2.05, 4.69) is 11.8 Å². The predicted octanol–water partition coefficient (Wildman–Crippen LogP) is 3.89. The van der Waals surface area contributed by atoms with Crippen LogP contribution in [-0.4, -0.2) is 53.5 Å². The van der Waals surface area contributed by atoms with Gasteiger partial charge < -0.3 is 4.90 Å². The molecule has 5 nitrogen and oxygen atoms in total. The number of carbonyl (C=O) groups is 2. The van der Waals surface area contributed by atoms with Gasteiger partial charge in [0, 0.05) is 35.6 Å². The second-order valence-corrected chi connectivity index (χ2v) is 9.00. The minimum Gasteiger partial charge on any atom is -0.301 e. The molecule has 1 aliphatic carbocycles. The molecule has 1 aromatic carbocycles. The highest BCUT2D eigenvalue weighted by Crippen LogP contribution is 2.39. The molecule has 0 radical (unpaired) electrons. The molecular weight excluding hydrogens is 369 g/mol. The van der Waals surface area contributed by atoms with Crippen LogP contribution >= 0.6 is 0 Å². The number of fused-ring (bicyclic) bond motifs is 1. The standard InChI is InChI=1S/C23H30FN3O2/c1-23-11-3-2-4-20(23)25-27(21(28)16-23)15-14-26-12-9-18(10-13-26)22(29)17-5-7-19(24)8-6-17/h5-8,18H,2-4,9-16H2,1H3. The highest BCUT2D eigenvalue weighted by Gasteiger charge is 2.40. The van der Waals surface area contributed by atoms with Crippen molar-refractivity contribution in [1.29, 1.82) is 0 Å². The molecule has 1 saturated carbocycles. The summed E-state index contributed by atoms with van der Waals surface area (Å²) in [5, 5.41) is 6.40. The third-order valence-corrected chi connectivity index (χ3v) is 6.87. The zero-order valence-corrected chi connectivity index (χ0v) is 17.2. The van der Waals surface area contributed by atoms with Crippen molar-refractivity contribution in [1.82, 2.24) is 9.91 Å². The molecule has 0 spiro atoms. The molecule has 1 amide bonds. The molecule has 4 rings (SSSR count). The number of halogens is 1. The number of amides is 1. The topological polar surface area (TPSA) is 53.0 Å². The SMILES string of the molecule is CC12CCCCC1=NN(CCN1CCC(C(=O)c3ccc(F)cc3)CC1)C(=O)C2. The summed E-state index contributed by atoms with van der Waals surface area (Å²) in [6, 6.07) is 5.84. The monoisotopic (exact) mass is 399 g/mol. The van der Waals surface area contributed by atoms with Crippen LogP contribution in [0.1, 0.15) is 62.2 Å². The van der Waals surface area contributed by atoms with Gasteiger partial charge in [-0.25, -0.2) is 9.40 Å². The van der Waals surface area contributed by atoms with Crippen molar-refractivity contribution in [2.24, 2.45) is 16.4 Å². The summed E-state index contributed by atoms with van der Waals surface area (Å²) < 4.78 is 13.1. The van der Waals surface area contributed by atoms with Gasteiger partial charge in [0.15, 0.2) is 5.78 Å². The number of ketones is 1. The Hall–Kier alpha value is -2.08. The van der Waals surface area contributed by atoms with E-state index < -0.39 is 0 Å². The molecule has 6 heteroatoms. The Morgan fingerprint density at radius 3 is 2.62 bits per heavy atom. The van der Waals surface area contributed by atoms with Crippen LogP contribution in [0.4, 0.5) is 4.39 Å². The second-order valence-electron chi connectivity index (χ2n) is 9.00. The van der Waals surface area contributed by atoms with Crippen LogP contribution in [0.25, 0.3) is 0 Å². The van der Waals surface area contributed by atoms with Gasteiger partial charge in [0.1, 0.15) is 5.82 Å². The number of carbonyl (C=O) groups excluding carboxylic acids is 2. The maximum Gasteiger partial charge on any atom is 0.243 e. The van der Waals surface area contributed by atoms with Crippen molar-refractivity contribution in [3.05, 3.63) is 35.6 Å². The fourth-order valence-corrected chi connectivity index (χ4v) is 4.92. The molecule has 1 aromatic rings. The smallest absolute Gasteiger partial charge is 0.243 e. The lowest BCUT2D eigenvalue weighted by Gasteiger charge is -2.40. The van der Waals surface area contributed by atoms with Crippen molar-refractivity contribution in [2.45, 2.75) is 51.9 Å². The largest absolute Gasteiger partial charge is 0.301 e. The van der Waals surface area contributed by atoms with Crippen molar-refractivity contribution >= 4 is 17.4 Å². The number of rotatable bonds is 5. The number of Topliss-reactive ketones (excluding diaryl/α,β-unsaturated/α-hetero) is 1. The van der Waals surface area contributed by atoms with Crippen LogP contribution in [0.2, 0.25) is 0 Å². The highest BCUT2D eigenvalue weighted by molar-refractivity contribution is 5.98. The number of hydrogen-bond acceptors (Lipinski definition) is 4. The zero-order valence-electron chi connectivity index (χ0n) is 17.2. The maximum atomic E-state index is 13.1. The lowest BCUT2D eigenvalue weighted by Crippen LogP contribution is -2.47. The molecule has 1 unspecified atom stereocenters. The van der Waals surface area contributed by atoms with Gasteiger partial charge >= 0.3 is 0 Å². The summed E-state index contributed by atoms with van der Waals surface area (Å²) in [4.78, 5) is 27.5. The summed E-state index contributed by atoms with van der Waals surface area (Å²) in [5.41, 5.74) is 1.77. The Kier molecular flexibility index (Phi) is 5.81. The van der Waals surface area contributed by atoms with E-state index in [0.717, 1.165) is 45.3 Å². The van der Waals surface area contributed by atoms with E-state index in [4.69, 9.17) is 5.10 Å². The first-order valence-corrected chi connectivity index (χ1v) is 10.9.